The van der Waals surface area contributed by atoms with Crippen LogP contribution in [0.25, 0.3) is 0 Å². The highest BCUT2D eigenvalue weighted by Crippen LogP contribution is 2.34. The van der Waals surface area contributed by atoms with Crippen LogP contribution < -0.4 is 5.32 Å². The van der Waals surface area contributed by atoms with E-state index in [1.165, 1.54) is 0 Å². The Morgan fingerprint density at radius 3 is 2.87 bits per heavy atom. The first-order valence-corrected chi connectivity index (χ1v) is 6.70. The first kappa shape index (κ1) is 12.8. The van der Waals surface area contributed by atoms with Gasteiger partial charge < -0.3 is 5.11 Å². The molecule has 2 N–H and O–H groups in total. The van der Waals surface area contributed by atoms with Gasteiger partial charge >= 0.3 is 5.97 Å². The minimum absolute atomic E-state index is 0.151. The second-order valence-corrected chi connectivity index (χ2v) is 5.80. The Morgan fingerprint density at radius 2 is 2.40 bits per heavy atom. The molecule has 3 unspecified atom stereocenters. The smallest absolute Gasteiger partial charge is 0.325 e. The van der Waals surface area contributed by atoms with Gasteiger partial charge in [0.2, 0.25) is 0 Å². The quantitative estimate of drug-likeness (QED) is 0.778. The zero-order chi connectivity index (χ0) is 11.5. The standard InChI is InChI=1S/C11H21NO2S/c1-4-8(2)12-11(10(13)14)6-5-7-15-9(11)3/h8-9,12H,4-7H2,1-3H3,(H,13,14). The zero-order valence-electron chi connectivity index (χ0n) is 9.75. The van der Waals surface area contributed by atoms with Gasteiger partial charge in [-0.15, -0.1) is 0 Å². The third-order valence-electron chi connectivity index (χ3n) is 3.28. The average Bonchev–Trinajstić information content (AvgIpc) is 2.21. The minimum Gasteiger partial charge on any atom is -0.480 e. The van der Waals surface area contributed by atoms with Crippen molar-refractivity contribution in [2.75, 3.05) is 5.75 Å². The molecule has 0 spiro atoms. The number of hydrogen-bond acceptors (Lipinski definition) is 3. The predicted octanol–water partition coefficient (Wildman–Crippen LogP) is 2.11. The topological polar surface area (TPSA) is 49.3 Å². The molecule has 1 rings (SSSR count). The van der Waals surface area contributed by atoms with E-state index in [4.69, 9.17) is 0 Å². The number of rotatable bonds is 4. The maximum atomic E-state index is 11.5. The summed E-state index contributed by atoms with van der Waals surface area (Å²) < 4.78 is 0. The van der Waals surface area contributed by atoms with Crippen LogP contribution in [0.15, 0.2) is 0 Å². The summed E-state index contributed by atoms with van der Waals surface area (Å²) in [4.78, 5) is 11.5. The first-order valence-electron chi connectivity index (χ1n) is 5.65. The molecule has 88 valence electrons. The van der Waals surface area contributed by atoms with Crippen LogP contribution in [0.5, 0.6) is 0 Å². The number of hydrogen-bond donors (Lipinski definition) is 2. The lowest BCUT2D eigenvalue weighted by molar-refractivity contribution is -0.145. The van der Waals surface area contributed by atoms with Crippen molar-refractivity contribution in [3.8, 4) is 0 Å². The van der Waals surface area contributed by atoms with Crippen molar-refractivity contribution in [1.29, 1.82) is 0 Å². The molecule has 1 fully saturated rings. The molecular formula is C11H21NO2S. The minimum atomic E-state index is -0.710. The third-order valence-corrected chi connectivity index (χ3v) is 4.70. The van der Waals surface area contributed by atoms with Gasteiger partial charge in [-0.3, -0.25) is 10.1 Å². The van der Waals surface area contributed by atoms with E-state index in [0.717, 1.165) is 25.0 Å². The molecule has 0 bridgehead atoms. The average molecular weight is 231 g/mol. The van der Waals surface area contributed by atoms with E-state index in [2.05, 4.69) is 19.2 Å². The molecule has 1 aliphatic heterocycles. The fraction of sp³-hybridized carbons (Fsp3) is 0.909. The van der Waals surface area contributed by atoms with Gasteiger partial charge in [0.15, 0.2) is 0 Å². The SMILES string of the molecule is CCC(C)NC1(C(=O)O)CCCSC1C. The molecule has 0 aromatic carbocycles. The molecule has 1 aliphatic rings. The number of aliphatic carboxylic acids is 1. The summed E-state index contributed by atoms with van der Waals surface area (Å²) in [5.74, 6) is 0.390. The van der Waals surface area contributed by atoms with Gasteiger partial charge in [-0.1, -0.05) is 13.8 Å². The molecule has 0 aliphatic carbocycles. The van der Waals surface area contributed by atoms with E-state index in [1.807, 2.05) is 6.92 Å². The van der Waals surface area contributed by atoms with Gasteiger partial charge in [0, 0.05) is 11.3 Å². The van der Waals surface area contributed by atoms with E-state index in [1.54, 1.807) is 11.8 Å². The summed E-state index contributed by atoms with van der Waals surface area (Å²) in [7, 11) is 0. The Bertz CT molecular complexity index is 235. The Labute approximate surface area is 96.0 Å². The van der Waals surface area contributed by atoms with Gasteiger partial charge in [0.25, 0.3) is 0 Å². The molecule has 0 aromatic heterocycles. The van der Waals surface area contributed by atoms with Gasteiger partial charge in [-0.2, -0.15) is 11.8 Å². The Balaban J connectivity index is 2.81. The van der Waals surface area contributed by atoms with Crippen LogP contribution >= 0.6 is 11.8 Å². The molecule has 1 saturated heterocycles. The van der Waals surface area contributed by atoms with Gasteiger partial charge in [0.05, 0.1) is 0 Å². The molecule has 4 heteroatoms. The van der Waals surface area contributed by atoms with E-state index in [0.29, 0.717) is 0 Å². The third kappa shape index (κ3) is 2.67. The van der Waals surface area contributed by atoms with Crippen LogP contribution in [0.4, 0.5) is 0 Å². The fourth-order valence-corrected chi connectivity index (χ4v) is 3.27. The van der Waals surface area contributed by atoms with Crippen molar-refractivity contribution in [1.82, 2.24) is 5.32 Å². The Hall–Kier alpha value is -0.220. The predicted molar refractivity (Wildman–Crippen MR) is 64.4 cm³/mol. The lowest BCUT2D eigenvalue weighted by Gasteiger charge is -2.41. The van der Waals surface area contributed by atoms with E-state index < -0.39 is 11.5 Å². The highest BCUT2D eigenvalue weighted by molar-refractivity contribution is 8.00. The van der Waals surface area contributed by atoms with Crippen LogP contribution in [-0.2, 0) is 4.79 Å². The van der Waals surface area contributed by atoms with Crippen molar-refractivity contribution in [2.45, 2.75) is 56.9 Å². The second-order valence-electron chi connectivity index (χ2n) is 4.35. The van der Waals surface area contributed by atoms with Crippen molar-refractivity contribution in [3.63, 3.8) is 0 Å². The van der Waals surface area contributed by atoms with Crippen LogP contribution in [0.2, 0.25) is 0 Å². The molecule has 0 amide bonds. The number of thioether (sulfide) groups is 1. The summed E-state index contributed by atoms with van der Waals surface area (Å²) in [6.07, 6.45) is 2.71. The highest BCUT2D eigenvalue weighted by Gasteiger charge is 2.46. The fourth-order valence-electron chi connectivity index (χ4n) is 2.03. The lowest BCUT2D eigenvalue weighted by atomic mass is 9.88. The van der Waals surface area contributed by atoms with E-state index >= 15 is 0 Å². The van der Waals surface area contributed by atoms with E-state index in [-0.39, 0.29) is 11.3 Å². The Morgan fingerprint density at radius 1 is 1.73 bits per heavy atom. The van der Waals surface area contributed by atoms with Gasteiger partial charge in [0.1, 0.15) is 5.54 Å². The van der Waals surface area contributed by atoms with Crippen LogP contribution in [0.1, 0.15) is 40.0 Å². The summed E-state index contributed by atoms with van der Waals surface area (Å²) >= 11 is 1.76. The zero-order valence-corrected chi connectivity index (χ0v) is 10.6. The maximum absolute atomic E-state index is 11.5. The molecule has 0 aromatic rings. The van der Waals surface area contributed by atoms with Crippen LogP contribution in [-0.4, -0.2) is 33.7 Å². The number of carbonyl (C=O) groups is 1. The van der Waals surface area contributed by atoms with Crippen LogP contribution in [0, 0.1) is 0 Å². The molecule has 3 nitrogen and oxygen atoms in total. The molecule has 0 radical (unpaired) electrons. The summed E-state index contributed by atoms with van der Waals surface area (Å²) in [6.45, 7) is 6.15. The number of carboxylic acids is 1. The van der Waals surface area contributed by atoms with Gasteiger partial charge in [-0.05, 0) is 31.9 Å². The summed E-state index contributed by atoms with van der Waals surface area (Å²) in [6, 6.07) is 0.266. The number of nitrogens with one attached hydrogen (secondary N) is 1. The summed E-state index contributed by atoms with van der Waals surface area (Å²) in [5.41, 5.74) is -0.710. The van der Waals surface area contributed by atoms with E-state index in [9.17, 15) is 9.90 Å². The first-order chi connectivity index (χ1) is 7.03. The maximum Gasteiger partial charge on any atom is 0.325 e. The van der Waals surface area contributed by atoms with Crippen molar-refractivity contribution in [3.05, 3.63) is 0 Å². The molecule has 1 heterocycles. The van der Waals surface area contributed by atoms with Crippen LogP contribution in [0.3, 0.4) is 0 Å². The number of carboxylic acid groups (broad SMARTS) is 1. The van der Waals surface area contributed by atoms with Crippen molar-refractivity contribution in [2.24, 2.45) is 0 Å². The Kier molecular flexibility index (Phi) is 4.46. The molecule has 15 heavy (non-hydrogen) atoms. The highest BCUT2D eigenvalue weighted by atomic mass is 32.2. The monoisotopic (exact) mass is 231 g/mol. The molecule has 0 saturated carbocycles. The van der Waals surface area contributed by atoms with Crippen molar-refractivity contribution < 1.29 is 9.90 Å². The molecule has 3 atom stereocenters. The largest absolute Gasteiger partial charge is 0.480 e. The molecular weight excluding hydrogens is 210 g/mol. The lowest BCUT2D eigenvalue weighted by Crippen LogP contribution is -2.62. The normalized spacial score (nSPS) is 33.7. The van der Waals surface area contributed by atoms with Gasteiger partial charge in [-0.25, -0.2) is 0 Å². The van der Waals surface area contributed by atoms with Crippen molar-refractivity contribution >= 4 is 17.7 Å². The summed E-state index contributed by atoms with van der Waals surface area (Å²) in [5, 5.41) is 12.9. The second kappa shape index (κ2) is 5.21.